The fourth-order valence-electron chi connectivity index (χ4n) is 3.35. The third-order valence-electron chi connectivity index (χ3n) is 4.98. The number of nitrogens with zero attached hydrogens (tertiary/aromatic N) is 1. The molecule has 1 atom stereocenters. The highest BCUT2D eigenvalue weighted by atomic mass is 16.2. The van der Waals surface area contributed by atoms with E-state index < -0.39 is 0 Å². The first-order valence-electron chi connectivity index (χ1n) is 9.17. The molecular formula is C21H28N3O+. The molecule has 1 amide bonds. The van der Waals surface area contributed by atoms with Crippen molar-refractivity contribution in [1.82, 2.24) is 5.32 Å². The smallest absolute Gasteiger partial charge is 0.275 e. The van der Waals surface area contributed by atoms with Gasteiger partial charge in [-0.3, -0.25) is 4.79 Å². The predicted molar refractivity (Wildman–Crippen MR) is 102 cm³/mol. The zero-order valence-corrected chi connectivity index (χ0v) is 14.9. The Morgan fingerprint density at radius 3 is 2.28 bits per heavy atom. The Labute approximate surface area is 150 Å². The van der Waals surface area contributed by atoms with E-state index in [1.165, 1.54) is 16.2 Å². The van der Waals surface area contributed by atoms with E-state index in [4.69, 9.17) is 0 Å². The molecule has 1 fully saturated rings. The van der Waals surface area contributed by atoms with E-state index in [9.17, 15) is 4.79 Å². The lowest BCUT2D eigenvalue weighted by Crippen LogP contribution is -3.16. The number of benzene rings is 2. The summed E-state index contributed by atoms with van der Waals surface area (Å²) in [6, 6.07) is 20.9. The van der Waals surface area contributed by atoms with E-state index in [-0.39, 0.29) is 5.91 Å². The molecule has 4 nitrogen and oxygen atoms in total. The average Bonchev–Trinajstić information content (AvgIpc) is 2.68. The van der Waals surface area contributed by atoms with Gasteiger partial charge in [0.25, 0.3) is 5.91 Å². The third-order valence-corrected chi connectivity index (χ3v) is 4.98. The Kier molecular flexibility index (Phi) is 6.07. The van der Waals surface area contributed by atoms with Gasteiger partial charge in [0.2, 0.25) is 0 Å². The fourth-order valence-corrected chi connectivity index (χ4v) is 3.35. The van der Waals surface area contributed by atoms with Crippen molar-refractivity contribution >= 4 is 11.6 Å². The highest BCUT2D eigenvalue weighted by Gasteiger charge is 2.22. The molecule has 0 spiro atoms. The van der Waals surface area contributed by atoms with Crippen molar-refractivity contribution in [3.63, 3.8) is 0 Å². The van der Waals surface area contributed by atoms with E-state index in [1.807, 2.05) is 24.3 Å². The Bertz CT molecular complexity index is 651. The topological polar surface area (TPSA) is 36.8 Å². The van der Waals surface area contributed by atoms with Gasteiger partial charge in [-0.15, -0.1) is 0 Å². The van der Waals surface area contributed by atoms with Gasteiger partial charge in [-0.25, -0.2) is 0 Å². The summed E-state index contributed by atoms with van der Waals surface area (Å²) in [5.74, 6) is 0.501. The highest BCUT2D eigenvalue weighted by molar-refractivity contribution is 5.76. The molecule has 25 heavy (non-hydrogen) atoms. The quantitative estimate of drug-likeness (QED) is 0.833. The molecule has 0 unspecified atom stereocenters. The summed E-state index contributed by atoms with van der Waals surface area (Å²) in [7, 11) is 0. The van der Waals surface area contributed by atoms with Crippen LogP contribution in [0.1, 0.15) is 18.4 Å². The van der Waals surface area contributed by atoms with Crippen LogP contribution >= 0.6 is 0 Å². The van der Waals surface area contributed by atoms with Gasteiger partial charge in [-0.1, -0.05) is 55.5 Å². The van der Waals surface area contributed by atoms with Gasteiger partial charge in [0.05, 0.1) is 26.2 Å². The van der Waals surface area contributed by atoms with Gasteiger partial charge in [-0.2, -0.15) is 0 Å². The number of rotatable bonds is 6. The molecule has 3 rings (SSSR count). The molecule has 0 aromatic heterocycles. The largest absolute Gasteiger partial charge is 0.360 e. The first-order valence-corrected chi connectivity index (χ1v) is 9.17. The van der Waals surface area contributed by atoms with Gasteiger partial charge in [-0.05, 0) is 23.6 Å². The van der Waals surface area contributed by atoms with Crippen LogP contribution in [0, 0.1) is 0 Å². The van der Waals surface area contributed by atoms with Crippen molar-refractivity contribution in [2.75, 3.05) is 44.2 Å². The summed E-state index contributed by atoms with van der Waals surface area (Å²) in [6.07, 6.45) is 0. The van der Waals surface area contributed by atoms with Gasteiger partial charge >= 0.3 is 0 Å². The van der Waals surface area contributed by atoms with Crippen LogP contribution in [0.2, 0.25) is 0 Å². The number of nitrogens with one attached hydrogen (secondary N) is 2. The zero-order valence-electron chi connectivity index (χ0n) is 14.9. The second-order valence-corrected chi connectivity index (χ2v) is 6.87. The number of para-hydroxylation sites is 1. The van der Waals surface area contributed by atoms with Crippen LogP contribution in [0.25, 0.3) is 0 Å². The van der Waals surface area contributed by atoms with Gasteiger partial charge < -0.3 is 15.1 Å². The third kappa shape index (κ3) is 5.07. The van der Waals surface area contributed by atoms with E-state index in [0.29, 0.717) is 19.0 Å². The molecule has 0 saturated carbocycles. The van der Waals surface area contributed by atoms with Crippen LogP contribution in [0.4, 0.5) is 5.69 Å². The Balaban J connectivity index is 1.39. The van der Waals surface area contributed by atoms with E-state index in [2.05, 4.69) is 53.5 Å². The van der Waals surface area contributed by atoms with Crippen molar-refractivity contribution in [3.8, 4) is 0 Å². The lowest BCUT2D eigenvalue weighted by atomic mass is 10.0. The number of quaternary nitrogens is 1. The molecule has 2 N–H and O–H groups in total. The standard InChI is InChI=1S/C21H27N3O/c1-18(19-8-4-2-5-9-19)16-22-21(25)17-23-12-14-24(15-13-23)20-10-6-3-7-11-20/h2-11,18H,12-17H2,1H3,(H,22,25)/p+1/t18-/m0/s1. The summed E-state index contributed by atoms with van der Waals surface area (Å²) >= 11 is 0. The molecule has 2 aromatic carbocycles. The first kappa shape index (κ1) is 17.5. The molecule has 0 aliphatic carbocycles. The van der Waals surface area contributed by atoms with Crippen molar-refractivity contribution in [2.45, 2.75) is 12.8 Å². The summed E-state index contributed by atoms with van der Waals surface area (Å²) in [6.45, 7) is 7.46. The molecule has 1 aliphatic heterocycles. The number of carbonyl (C=O) groups is 1. The second-order valence-electron chi connectivity index (χ2n) is 6.87. The van der Waals surface area contributed by atoms with Crippen molar-refractivity contribution in [2.24, 2.45) is 0 Å². The summed E-state index contributed by atoms with van der Waals surface area (Å²) in [4.78, 5) is 16.0. The number of carbonyl (C=O) groups excluding carboxylic acids is 1. The number of piperazine rings is 1. The van der Waals surface area contributed by atoms with E-state index >= 15 is 0 Å². The summed E-state index contributed by atoms with van der Waals surface area (Å²) in [5, 5.41) is 3.10. The summed E-state index contributed by atoms with van der Waals surface area (Å²) in [5.41, 5.74) is 2.55. The minimum Gasteiger partial charge on any atom is -0.360 e. The van der Waals surface area contributed by atoms with Crippen LogP contribution in [-0.2, 0) is 4.79 Å². The minimum atomic E-state index is 0.158. The van der Waals surface area contributed by atoms with Crippen molar-refractivity contribution in [1.29, 1.82) is 0 Å². The molecule has 132 valence electrons. The number of anilines is 1. The van der Waals surface area contributed by atoms with Crippen LogP contribution in [-0.4, -0.2) is 45.2 Å². The zero-order chi connectivity index (χ0) is 17.5. The van der Waals surface area contributed by atoms with Gasteiger partial charge in [0.1, 0.15) is 0 Å². The molecular weight excluding hydrogens is 310 g/mol. The average molecular weight is 338 g/mol. The predicted octanol–water partition coefficient (Wildman–Crippen LogP) is 1.31. The number of hydrogen-bond donors (Lipinski definition) is 2. The Morgan fingerprint density at radius 2 is 1.64 bits per heavy atom. The molecule has 2 aromatic rings. The maximum absolute atomic E-state index is 12.3. The molecule has 1 aliphatic rings. The van der Waals surface area contributed by atoms with E-state index in [1.54, 1.807) is 0 Å². The highest BCUT2D eigenvalue weighted by Crippen LogP contribution is 2.13. The molecule has 0 bridgehead atoms. The van der Waals surface area contributed by atoms with Gasteiger partial charge in [0, 0.05) is 12.2 Å². The normalized spacial score (nSPS) is 16.4. The van der Waals surface area contributed by atoms with Gasteiger partial charge in [0.15, 0.2) is 6.54 Å². The monoisotopic (exact) mass is 338 g/mol. The molecule has 1 heterocycles. The molecule has 4 heteroatoms. The Morgan fingerprint density at radius 1 is 1.04 bits per heavy atom. The lowest BCUT2D eigenvalue weighted by molar-refractivity contribution is -0.892. The fraction of sp³-hybridized carbons (Fsp3) is 0.381. The number of amides is 1. The van der Waals surface area contributed by atoms with Crippen LogP contribution in [0.15, 0.2) is 60.7 Å². The van der Waals surface area contributed by atoms with Crippen molar-refractivity contribution in [3.05, 3.63) is 66.2 Å². The first-order chi connectivity index (χ1) is 12.2. The van der Waals surface area contributed by atoms with Crippen LogP contribution < -0.4 is 15.1 Å². The maximum atomic E-state index is 12.3. The molecule has 0 radical (unpaired) electrons. The van der Waals surface area contributed by atoms with Crippen molar-refractivity contribution < 1.29 is 9.69 Å². The molecule has 1 saturated heterocycles. The van der Waals surface area contributed by atoms with Crippen LogP contribution in [0.5, 0.6) is 0 Å². The lowest BCUT2D eigenvalue weighted by Gasteiger charge is -2.33. The summed E-state index contributed by atoms with van der Waals surface area (Å²) < 4.78 is 0. The van der Waals surface area contributed by atoms with E-state index in [0.717, 1.165) is 26.2 Å². The number of hydrogen-bond acceptors (Lipinski definition) is 2. The maximum Gasteiger partial charge on any atom is 0.275 e. The second kappa shape index (κ2) is 8.67. The minimum absolute atomic E-state index is 0.158. The SMILES string of the molecule is C[C@@H](CNC(=O)C[NH+]1CCN(c2ccccc2)CC1)c1ccccc1. The van der Waals surface area contributed by atoms with Crippen LogP contribution in [0.3, 0.4) is 0 Å². The Hall–Kier alpha value is -2.33.